The molecule has 1 aromatic heterocycles. The highest BCUT2D eigenvalue weighted by molar-refractivity contribution is 5.89. The van der Waals surface area contributed by atoms with Crippen LogP contribution in [0.25, 0.3) is 5.69 Å². The standard InChI is InChI=1S/C15H20N6O3/c1-10-18-19-20-21(10)12-6-11(7-14(8-12)23-2)17-15(22)16-9-13-4-3-5-24-13/h6-8,13H,3-5,9H2,1-2H3,(H2,16,17,22)/t13-/m0/s1. The molecule has 0 unspecified atom stereocenters. The third-order valence-electron chi connectivity index (χ3n) is 3.77. The van der Waals surface area contributed by atoms with Gasteiger partial charge in [0.2, 0.25) is 0 Å². The third-order valence-corrected chi connectivity index (χ3v) is 3.77. The number of amides is 2. The Hall–Kier alpha value is -2.68. The number of rotatable bonds is 5. The van der Waals surface area contributed by atoms with Gasteiger partial charge in [0.15, 0.2) is 5.82 Å². The number of aromatic nitrogens is 4. The molecular weight excluding hydrogens is 312 g/mol. The van der Waals surface area contributed by atoms with Crippen LogP contribution in [-0.2, 0) is 4.74 Å². The quantitative estimate of drug-likeness (QED) is 0.855. The van der Waals surface area contributed by atoms with Crippen molar-refractivity contribution in [2.24, 2.45) is 0 Å². The van der Waals surface area contributed by atoms with Gasteiger partial charge in [0.1, 0.15) is 5.75 Å². The summed E-state index contributed by atoms with van der Waals surface area (Å²) in [6.07, 6.45) is 2.11. The summed E-state index contributed by atoms with van der Waals surface area (Å²) in [5.74, 6) is 1.23. The molecule has 9 nitrogen and oxygen atoms in total. The molecule has 0 spiro atoms. The molecule has 2 N–H and O–H groups in total. The first kappa shape index (κ1) is 16.2. The summed E-state index contributed by atoms with van der Waals surface area (Å²) >= 11 is 0. The molecule has 1 aliphatic rings. The van der Waals surface area contributed by atoms with Crippen molar-refractivity contribution in [1.29, 1.82) is 0 Å². The number of aryl methyl sites for hydroxylation is 1. The Morgan fingerprint density at radius 1 is 1.46 bits per heavy atom. The summed E-state index contributed by atoms with van der Waals surface area (Å²) in [4.78, 5) is 12.1. The Labute approximate surface area is 139 Å². The van der Waals surface area contributed by atoms with Crippen molar-refractivity contribution in [3.05, 3.63) is 24.0 Å². The van der Waals surface area contributed by atoms with Crippen LogP contribution in [0, 0.1) is 6.92 Å². The molecular formula is C15H20N6O3. The molecule has 1 aliphatic heterocycles. The van der Waals surface area contributed by atoms with E-state index in [1.807, 2.05) is 0 Å². The van der Waals surface area contributed by atoms with E-state index in [0.29, 0.717) is 29.5 Å². The molecule has 0 bridgehead atoms. The first-order valence-electron chi connectivity index (χ1n) is 7.76. The molecule has 0 saturated carbocycles. The molecule has 9 heteroatoms. The number of hydrogen-bond acceptors (Lipinski definition) is 6. The Morgan fingerprint density at radius 3 is 3.00 bits per heavy atom. The first-order chi connectivity index (χ1) is 11.7. The number of methoxy groups -OCH3 is 1. The topological polar surface area (TPSA) is 103 Å². The molecule has 1 aromatic carbocycles. The van der Waals surface area contributed by atoms with Gasteiger partial charge in [-0.15, -0.1) is 5.10 Å². The van der Waals surface area contributed by atoms with E-state index < -0.39 is 0 Å². The smallest absolute Gasteiger partial charge is 0.319 e. The maximum atomic E-state index is 12.1. The van der Waals surface area contributed by atoms with Crippen molar-refractivity contribution in [1.82, 2.24) is 25.5 Å². The molecule has 1 saturated heterocycles. The second kappa shape index (κ2) is 7.26. The number of benzene rings is 1. The zero-order chi connectivity index (χ0) is 16.9. The number of hydrogen-bond donors (Lipinski definition) is 2. The van der Waals surface area contributed by atoms with Gasteiger partial charge in [-0.3, -0.25) is 0 Å². The van der Waals surface area contributed by atoms with Crippen LogP contribution in [0.2, 0.25) is 0 Å². The summed E-state index contributed by atoms with van der Waals surface area (Å²) in [5.41, 5.74) is 1.29. The Kier molecular flexibility index (Phi) is 4.90. The summed E-state index contributed by atoms with van der Waals surface area (Å²) < 4.78 is 12.3. The van der Waals surface area contributed by atoms with Crippen LogP contribution in [0.1, 0.15) is 18.7 Å². The van der Waals surface area contributed by atoms with E-state index in [0.717, 1.165) is 19.4 Å². The van der Waals surface area contributed by atoms with Crippen molar-refractivity contribution in [2.45, 2.75) is 25.9 Å². The number of ether oxygens (including phenoxy) is 2. The number of urea groups is 1. The maximum absolute atomic E-state index is 12.1. The Balaban J connectivity index is 1.70. The number of carbonyl (C=O) groups excluding carboxylic acids is 1. The largest absolute Gasteiger partial charge is 0.497 e. The fraction of sp³-hybridized carbons (Fsp3) is 0.467. The van der Waals surface area contributed by atoms with Crippen LogP contribution < -0.4 is 15.4 Å². The van der Waals surface area contributed by atoms with Gasteiger partial charge in [-0.1, -0.05) is 0 Å². The normalized spacial score (nSPS) is 16.8. The van der Waals surface area contributed by atoms with Gasteiger partial charge in [0.05, 0.1) is 18.9 Å². The molecule has 128 valence electrons. The minimum absolute atomic E-state index is 0.0977. The summed E-state index contributed by atoms with van der Waals surface area (Å²) in [6, 6.07) is 5.00. The van der Waals surface area contributed by atoms with E-state index in [9.17, 15) is 4.79 Å². The Bertz CT molecular complexity index is 711. The van der Waals surface area contributed by atoms with Crippen LogP contribution in [0.5, 0.6) is 5.75 Å². The maximum Gasteiger partial charge on any atom is 0.319 e. The number of nitrogens with one attached hydrogen (secondary N) is 2. The van der Waals surface area contributed by atoms with Gasteiger partial charge >= 0.3 is 6.03 Å². The molecule has 2 aromatic rings. The van der Waals surface area contributed by atoms with Crippen molar-refractivity contribution < 1.29 is 14.3 Å². The van der Waals surface area contributed by atoms with E-state index in [2.05, 4.69) is 26.2 Å². The van der Waals surface area contributed by atoms with Gasteiger partial charge in [-0.25, -0.2) is 4.79 Å². The predicted octanol–water partition coefficient (Wildman–Crippen LogP) is 1.28. The van der Waals surface area contributed by atoms with Crippen molar-refractivity contribution in [3.8, 4) is 11.4 Å². The zero-order valence-corrected chi connectivity index (χ0v) is 13.7. The molecule has 24 heavy (non-hydrogen) atoms. The third kappa shape index (κ3) is 3.80. The monoisotopic (exact) mass is 332 g/mol. The van der Waals surface area contributed by atoms with Crippen LogP contribution in [0.15, 0.2) is 18.2 Å². The van der Waals surface area contributed by atoms with Gasteiger partial charge in [-0.2, -0.15) is 4.68 Å². The number of tetrazole rings is 1. The Morgan fingerprint density at radius 2 is 2.33 bits per heavy atom. The van der Waals surface area contributed by atoms with Crippen LogP contribution in [0.3, 0.4) is 0 Å². The lowest BCUT2D eigenvalue weighted by Gasteiger charge is -2.13. The fourth-order valence-electron chi connectivity index (χ4n) is 2.55. The van der Waals surface area contributed by atoms with Gasteiger partial charge in [0, 0.05) is 31.0 Å². The van der Waals surface area contributed by atoms with Crippen LogP contribution >= 0.6 is 0 Å². The highest BCUT2D eigenvalue weighted by atomic mass is 16.5. The SMILES string of the molecule is COc1cc(NC(=O)NC[C@@H]2CCCO2)cc(-n2nnnc2C)c1. The second-order valence-electron chi connectivity index (χ2n) is 5.53. The number of anilines is 1. The van der Waals surface area contributed by atoms with E-state index in [1.54, 1.807) is 36.9 Å². The van der Waals surface area contributed by atoms with Gasteiger partial charge in [-0.05, 0) is 36.3 Å². The number of nitrogens with zero attached hydrogens (tertiary/aromatic N) is 4. The second-order valence-corrected chi connectivity index (χ2v) is 5.53. The minimum Gasteiger partial charge on any atom is -0.497 e. The molecule has 2 heterocycles. The molecule has 0 aliphatic carbocycles. The van der Waals surface area contributed by atoms with Crippen LogP contribution in [0.4, 0.5) is 10.5 Å². The van der Waals surface area contributed by atoms with Crippen molar-refractivity contribution in [3.63, 3.8) is 0 Å². The van der Waals surface area contributed by atoms with Crippen molar-refractivity contribution in [2.75, 3.05) is 25.6 Å². The van der Waals surface area contributed by atoms with E-state index in [-0.39, 0.29) is 12.1 Å². The first-order valence-corrected chi connectivity index (χ1v) is 7.76. The summed E-state index contributed by atoms with van der Waals surface area (Å²) in [6.45, 7) is 3.05. The van der Waals surface area contributed by atoms with Crippen molar-refractivity contribution >= 4 is 11.7 Å². The van der Waals surface area contributed by atoms with Gasteiger partial charge < -0.3 is 20.1 Å². The average Bonchev–Trinajstić information content (AvgIpc) is 3.24. The molecule has 1 fully saturated rings. The summed E-state index contributed by atoms with van der Waals surface area (Å²) in [7, 11) is 1.56. The van der Waals surface area contributed by atoms with Gasteiger partial charge in [0.25, 0.3) is 0 Å². The predicted molar refractivity (Wildman–Crippen MR) is 86.4 cm³/mol. The fourth-order valence-corrected chi connectivity index (χ4v) is 2.55. The average molecular weight is 332 g/mol. The van der Waals surface area contributed by atoms with E-state index >= 15 is 0 Å². The highest BCUT2D eigenvalue weighted by Gasteiger charge is 2.16. The van der Waals surface area contributed by atoms with E-state index in [4.69, 9.17) is 9.47 Å². The molecule has 2 amide bonds. The van der Waals surface area contributed by atoms with Crippen LogP contribution in [-0.4, -0.2) is 52.6 Å². The minimum atomic E-state index is -0.293. The lowest BCUT2D eigenvalue weighted by molar-refractivity contribution is 0.112. The summed E-state index contributed by atoms with van der Waals surface area (Å²) in [5, 5.41) is 17.0. The molecule has 0 radical (unpaired) electrons. The van der Waals surface area contributed by atoms with E-state index in [1.165, 1.54) is 0 Å². The molecule has 3 rings (SSSR count). The lowest BCUT2D eigenvalue weighted by atomic mass is 10.2. The molecule has 1 atom stereocenters. The lowest BCUT2D eigenvalue weighted by Crippen LogP contribution is -2.35. The zero-order valence-electron chi connectivity index (χ0n) is 13.7. The highest BCUT2D eigenvalue weighted by Crippen LogP contribution is 2.23. The number of carbonyl (C=O) groups is 1.